The summed E-state index contributed by atoms with van der Waals surface area (Å²) >= 11 is 2.71. The molecule has 1 N–H and O–H groups in total. The second-order valence-corrected chi connectivity index (χ2v) is 6.92. The van der Waals surface area contributed by atoms with E-state index in [1.807, 2.05) is 35.7 Å². The highest BCUT2D eigenvalue weighted by atomic mass is 32.1. The second-order valence-electron chi connectivity index (χ2n) is 5.14. The fraction of sp³-hybridized carbons (Fsp3) is 0.0625. The van der Waals surface area contributed by atoms with Crippen molar-refractivity contribution in [3.63, 3.8) is 0 Å². The number of thiophene rings is 1. The van der Waals surface area contributed by atoms with E-state index >= 15 is 0 Å². The number of hydrogen-bond acceptors (Lipinski definition) is 8. The van der Waals surface area contributed by atoms with Crippen LogP contribution in [-0.2, 0) is 7.05 Å². The molecule has 4 aromatic rings. The van der Waals surface area contributed by atoms with Crippen LogP contribution in [-0.4, -0.2) is 31.3 Å². The van der Waals surface area contributed by atoms with E-state index in [0.717, 1.165) is 10.4 Å². The van der Waals surface area contributed by atoms with Gasteiger partial charge in [0.2, 0.25) is 5.82 Å². The average Bonchev–Trinajstić information content (AvgIpc) is 3.37. The molecule has 10 heteroatoms. The molecule has 0 saturated heterocycles. The fourth-order valence-corrected chi connectivity index (χ4v) is 3.67. The Labute approximate surface area is 156 Å². The molecule has 8 nitrogen and oxygen atoms in total. The molecular weight excluding hydrogens is 372 g/mol. The van der Waals surface area contributed by atoms with Gasteiger partial charge in [-0.1, -0.05) is 41.7 Å². The van der Waals surface area contributed by atoms with E-state index in [0.29, 0.717) is 22.4 Å². The molecule has 0 aliphatic carbocycles. The third-order valence-corrected chi connectivity index (χ3v) is 4.93. The number of anilines is 1. The molecule has 1 aromatic carbocycles. The Morgan fingerprint density at radius 2 is 2.08 bits per heavy atom. The maximum atomic E-state index is 12.1. The van der Waals surface area contributed by atoms with Crippen LogP contribution in [0.3, 0.4) is 0 Å². The smallest absolute Gasteiger partial charge is 0.409 e. The van der Waals surface area contributed by atoms with Gasteiger partial charge in [0, 0.05) is 10.9 Å². The van der Waals surface area contributed by atoms with Crippen LogP contribution in [0.15, 0.2) is 47.2 Å². The van der Waals surface area contributed by atoms with E-state index in [1.54, 1.807) is 18.5 Å². The quantitative estimate of drug-likeness (QED) is 0.577. The van der Waals surface area contributed by atoms with Crippen molar-refractivity contribution in [2.75, 3.05) is 5.32 Å². The Morgan fingerprint density at radius 1 is 1.23 bits per heavy atom. The zero-order chi connectivity index (χ0) is 17.9. The third-order valence-electron chi connectivity index (χ3n) is 3.30. The number of thiazole rings is 1. The highest BCUT2D eigenvalue weighted by Gasteiger charge is 2.20. The molecule has 130 valence electrons. The normalized spacial score (nSPS) is 10.7. The van der Waals surface area contributed by atoms with Crippen LogP contribution in [0.1, 0.15) is 0 Å². The van der Waals surface area contributed by atoms with Gasteiger partial charge in [-0.2, -0.15) is 4.80 Å². The minimum Gasteiger partial charge on any atom is -0.409 e. The van der Waals surface area contributed by atoms with Crippen LogP contribution in [0, 0.1) is 0 Å². The number of hydrogen-bond donors (Lipinski definition) is 1. The molecule has 0 bridgehead atoms. The van der Waals surface area contributed by atoms with Crippen LogP contribution >= 0.6 is 22.7 Å². The van der Waals surface area contributed by atoms with Crippen molar-refractivity contribution < 1.29 is 9.53 Å². The lowest BCUT2D eigenvalue weighted by molar-refractivity contribution is 0.215. The topological polar surface area (TPSA) is 94.8 Å². The lowest BCUT2D eigenvalue weighted by Crippen LogP contribution is -2.16. The largest absolute Gasteiger partial charge is 0.418 e. The first-order valence-corrected chi connectivity index (χ1v) is 9.26. The molecule has 0 spiro atoms. The number of aryl methyl sites for hydroxylation is 1. The summed E-state index contributed by atoms with van der Waals surface area (Å²) in [5, 5.41) is 18.8. The van der Waals surface area contributed by atoms with E-state index in [9.17, 15) is 4.79 Å². The van der Waals surface area contributed by atoms with Gasteiger partial charge in [0.15, 0.2) is 5.13 Å². The van der Waals surface area contributed by atoms with E-state index in [-0.39, 0.29) is 0 Å². The van der Waals surface area contributed by atoms with Gasteiger partial charge in [-0.3, -0.25) is 5.32 Å². The number of ether oxygens (including phenoxy) is 1. The van der Waals surface area contributed by atoms with Gasteiger partial charge in [-0.05, 0) is 16.7 Å². The SMILES string of the molecule is Cn1nnc(-c2sc(NC(=O)Oc3ccsc3)nc2-c2ccccc2)n1. The number of benzene rings is 1. The molecule has 0 aliphatic heterocycles. The zero-order valence-electron chi connectivity index (χ0n) is 13.5. The highest BCUT2D eigenvalue weighted by Crippen LogP contribution is 2.37. The average molecular weight is 384 g/mol. The van der Waals surface area contributed by atoms with Crippen molar-refractivity contribution >= 4 is 33.9 Å². The summed E-state index contributed by atoms with van der Waals surface area (Å²) in [4.78, 5) is 18.7. The zero-order valence-corrected chi connectivity index (χ0v) is 15.1. The van der Waals surface area contributed by atoms with Gasteiger partial charge < -0.3 is 4.74 Å². The fourth-order valence-electron chi connectivity index (χ4n) is 2.22. The number of nitrogens with one attached hydrogen (secondary N) is 1. The van der Waals surface area contributed by atoms with E-state index in [4.69, 9.17) is 4.74 Å². The number of carbonyl (C=O) groups excluding carboxylic acids is 1. The summed E-state index contributed by atoms with van der Waals surface area (Å²) in [6, 6.07) is 11.3. The molecule has 0 saturated carbocycles. The molecule has 4 rings (SSSR count). The predicted molar refractivity (Wildman–Crippen MR) is 99.3 cm³/mol. The van der Waals surface area contributed by atoms with Crippen LogP contribution in [0.2, 0.25) is 0 Å². The van der Waals surface area contributed by atoms with Crippen molar-refractivity contribution in [3.05, 3.63) is 47.2 Å². The van der Waals surface area contributed by atoms with Gasteiger partial charge in [0.1, 0.15) is 10.6 Å². The number of tetrazole rings is 1. The number of amides is 1. The first kappa shape index (κ1) is 16.4. The molecule has 0 unspecified atom stereocenters. The van der Waals surface area contributed by atoms with Gasteiger partial charge in [-0.25, -0.2) is 9.78 Å². The maximum absolute atomic E-state index is 12.1. The minimum atomic E-state index is -0.601. The number of carbonyl (C=O) groups is 1. The van der Waals surface area contributed by atoms with E-state index < -0.39 is 6.09 Å². The first-order valence-electron chi connectivity index (χ1n) is 7.51. The van der Waals surface area contributed by atoms with Gasteiger partial charge in [-0.15, -0.1) is 21.5 Å². The lowest BCUT2D eigenvalue weighted by atomic mass is 10.1. The Balaban J connectivity index is 1.66. The van der Waals surface area contributed by atoms with Crippen molar-refractivity contribution in [1.29, 1.82) is 0 Å². The molecule has 0 aliphatic rings. The van der Waals surface area contributed by atoms with Gasteiger partial charge in [0.05, 0.1) is 12.7 Å². The van der Waals surface area contributed by atoms with Crippen LogP contribution < -0.4 is 10.1 Å². The molecule has 0 radical (unpaired) electrons. The Kier molecular flexibility index (Phi) is 4.42. The van der Waals surface area contributed by atoms with Crippen LogP contribution in [0.25, 0.3) is 22.0 Å². The van der Waals surface area contributed by atoms with Gasteiger partial charge in [0.25, 0.3) is 0 Å². The van der Waals surface area contributed by atoms with Crippen molar-refractivity contribution in [1.82, 2.24) is 25.2 Å². The lowest BCUT2D eigenvalue weighted by Gasteiger charge is -2.01. The molecule has 3 aromatic heterocycles. The summed E-state index contributed by atoms with van der Waals surface area (Å²) in [7, 11) is 1.69. The Bertz CT molecular complexity index is 1030. The second kappa shape index (κ2) is 7.02. The number of rotatable bonds is 4. The predicted octanol–water partition coefficient (Wildman–Crippen LogP) is 3.67. The first-order chi connectivity index (χ1) is 12.7. The van der Waals surface area contributed by atoms with Crippen LogP contribution in [0.4, 0.5) is 9.93 Å². The van der Waals surface area contributed by atoms with Gasteiger partial charge >= 0.3 is 6.09 Å². The number of nitrogens with zero attached hydrogens (tertiary/aromatic N) is 5. The molecular formula is C16H12N6O2S2. The molecule has 3 heterocycles. The molecule has 0 atom stereocenters. The summed E-state index contributed by atoms with van der Waals surface area (Å²) in [5.41, 5.74) is 1.57. The van der Waals surface area contributed by atoms with E-state index in [2.05, 4.69) is 25.7 Å². The van der Waals surface area contributed by atoms with E-state index in [1.165, 1.54) is 27.5 Å². The van der Waals surface area contributed by atoms with Crippen molar-refractivity contribution in [3.8, 4) is 27.7 Å². The van der Waals surface area contributed by atoms with Crippen molar-refractivity contribution in [2.24, 2.45) is 7.05 Å². The maximum Gasteiger partial charge on any atom is 0.418 e. The minimum absolute atomic E-state index is 0.395. The Hall–Kier alpha value is -3.11. The summed E-state index contributed by atoms with van der Waals surface area (Å²) in [5.74, 6) is 0.936. The molecule has 26 heavy (non-hydrogen) atoms. The summed E-state index contributed by atoms with van der Waals surface area (Å²) in [6.07, 6.45) is -0.601. The monoisotopic (exact) mass is 384 g/mol. The molecule has 1 amide bonds. The Morgan fingerprint density at radius 3 is 2.77 bits per heavy atom. The third kappa shape index (κ3) is 3.46. The summed E-state index contributed by atoms with van der Waals surface area (Å²) < 4.78 is 5.20. The van der Waals surface area contributed by atoms with Crippen molar-refractivity contribution in [2.45, 2.75) is 0 Å². The highest BCUT2D eigenvalue weighted by molar-refractivity contribution is 7.19. The summed E-state index contributed by atoms with van der Waals surface area (Å²) in [6.45, 7) is 0. The molecule has 0 fully saturated rings. The van der Waals surface area contributed by atoms with Crippen LogP contribution in [0.5, 0.6) is 5.75 Å². The number of aromatic nitrogens is 5. The standard InChI is InChI=1S/C16H12N6O2S2/c1-22-20-14(19-21-22)13-12(10-5-3-2-4-6-10)17-15(26-13)18-16(23)24-11-7-8-25-9-11/h2-9H,1H3,(H,17,18,23).